The highest BCUT2D eigenvalue weighted by molar-refractivity contribution is 5.36. The summed E-state index contributed by atoms with van der Waals surface area (Å²) < 4.78 is 5.18. The van der Waals surface area contributed by atoms with Crippen molar-refractivity contribution >= 4 is 0 Å². The Kier molecular flexibility index (Phi) is 4.58. The summed E-state index contributed by atoms with van der Waals surface area (Å²) >= 11 is 0. The molecule has 1 unspecified atom stereocenters. The molecule has 2 rings (SSSR count). The van der Waals surface area contributed by atoms with E-state index in [4.69, 9.17) is 4.74 Å². The molecule has 2 aromatic rings. The van der Waals surface area contributed by atoms with Gasteiger partial charge in [0, 0.05) is 0 Å². The highest BCUT2D eigenvalue weighted by Crippen LogP contribution is 2.25. The molecule has 0 bridgehead atoms. The van der Waals surface area contributed by atoms with Crippen LogP contribution in [0.25, 0.3) is 0 Å². The van der Waals surface area contributed by atoms with E-state index in [9.17, 15) is 5.11 Å². The van der Waals surface area contributed by atoms with Crippen molar-refractivity contribution in [1.29, 1.82) is 0 Å². The standard InChI is InChI=1S/C17H20O2/c1-3-5-13-8-10-14(11-9-13)17(18)15-6-4-7-16(12-15)19-2/h4,6-12,17-18H,3,5H2,1-2H3. The molecule has 0 spiro atoms. The van der Waals surface area contributed by atoms with Crippen molar-refractivity contribution in [1.82, 2.24) is 0 Å². The number of methoxy groups -OCH3 is 1. The van der Waals surface area contributed by atoms with E-state index in [0.29, 0.717) is 0 Å². The number of aliphatic hydroxyl groups is 1. The minimum atomic E-state index is -0.606. The Bertz CT molecular complexity index is 517. The Balaban J connectivity index is 2.20. The van der Waals surface area contributed by atoms with Crippen molar-refractivity contribution in [3.05, 3.63) is 65.2 Å². The molecule has 0 saturated heterocycles. The molecule has 0 heterocycles. The Labute approximate surface area is 114 Å². The molecule has 0 aromatic heterocycles. The molecule has 0 radical (unpaired) electrons. The van der Waals surface area contributed by atoms with Gasteiger partial charge < -0.3 is 9.84 Å². The first-order valence-electron chi connectivity index (χ1n) is 6.65. The molecule has 0 aliphatic carbocycles. The van der Waals surface area contributed by atoms with E-state index in [-0.39, 0.29) is 0 Å². The lowest BCUT2D eigenvalue weighted by molar-refractivity contribution is 0.220. The summed E-state index contributed by atoms with van der Waals surface area (Å²) in [5.41, 5.74) is 3.07. The first kappa shape index (κ1) is 13.6. The predicted octanol–water partition coefficient (Wildman–Crippen LogP) is 3.73. The highest BCUT2D eigenvalue weighted by atomic mass is 16.5. The number of hydrogen-bond acceptors (Lipinski definition) is 2. The summed E-state index contributed by atoms with van der Waals surface area (Å²) in [4.78, 5) is 0. The minimum absolute atomic E-state index is 0.606. The minimum Gasteiger partial charge on any atom is -0.497 e. The van der Waals surface area contributed by atoms with Crippen molar-refractivity contribution in [3.63, 3.8) is 0 Å². The second-order valence-corrected chi connectivity index (χ2v) is 4.67. The quantitative estimate of drug-likeness (QED) is 0.883. The molecular weight excluding hydrogens is 236 g/mol. The Hall–Kier alpha value is -1.80. The third kappa shape index (κ3) is 3.36. The van der Waals surface area contributed by atoms with Gasteiger partial charge in [-0.15, -0.1) is 0 Å². The molecule has 2 aromatic carbocycles. The molecule has 0 fully saturated rings. The zero-order valence-electron chi connectivity index (χ0n) is 11.5. The maximum Gasteiger partial charge on any atom is 0.119 e. The van der Waals surface area contributed by atoms with Crippen LogP contribution in [0.4, 0.5) is 0 Å². The third-order valence-electron chi connectivity index (χ3n) is 3.24. The maximum absolute atomic E-state index is 10.4. The first-order valence-corrected chi connectivity index (χ1v) is 6.65. The third-order valence-corrected chi connectivity index (χ3v) is 3.24. The summed E-state index contributed by atoms with van der Waals surface area (Å²) in [6.07, 6.45) is 1.61. The van der Waals surface area contributed by atoms with Crippen molar-refractivity contribution in [2.24, 2.45) is 0 Å². The van der Waals surface area contributed by atoms with Crippen LogP contribution in [0, 0.1) is 0 Å². The predicted molar refractivity (Wildman–Crippen MR) is 77.5 cm³/mol. The average molecular weight is 256 g/mol. The van der Waals surface area contributed by atoms with Crippen molar-refractivity contribution in [2.45, 2.75) is 25.9 Å². The van der Waals surface area contributed by atoms with E-state index in [2.05, 4.69) is 19.1 Å². The summed E-state index contributed by atoms with van der Waals surface area (Å²) in [7, 11) is 1.63. The molecule has 1 atom stereocenters. The van der Waals surface area contributed by atoms with Crippen molar-refractivity contribution < 1.29 is 9.84 Å². The monoisotopic (exact) mass is 256 g/mol. The van der Waals surface area contributed by atoms with Crippen LogP contribution in [-0.4, -0.2) is 12.2 Å². The van der Waals surface area contributed by atoms with E-state index in [1.54, 1.807) is 7.11 Å². The fourth-order valence-corrected chi connectivity index (χ4v) is 2.16. The number of benzene rings is 2. The summed E-state index contributed by atoms with van der Waals surface area (Å²) in [5, 5.41) is 10.4. The molecule has 2 nitrogen and oxygen atoms in total. The summed E-state index contributed by atoms with van der Waals surface area (Å²) in [5.74, 6) is 0.763. The van der Waals surface area contributed by atoms with Gasteiger partial charge in [-0.3, -0.25) is 0 Å². The molecule has 0 amide bonds. The Morgan fingerprint density at radius 3 is 2.42 bits per heavy atom. The van der Waals surface area contributed by atoms with Gasteiger partial charge in [-0.05, 0) is 35.2 Å². The smallest absolute Gasteiger partial charge is 0.119 e. The van der Waals surface area contributed by atoms with E-state index in [1.165, 1.54) is 5.56 Å². The molecule has 0 aliphatic rings. The van der Waals surface area contributed by atoms with Crippen LogP contribution in [-0.2, 0) is 6.42 Å². The van der Waals surface area contributed by atoms with Crippen LogP contribution in [0.5, 0.6) is 5.75 Å². The zero-order chi connectivity index (χ0) is 13.7. The van der Waals surface area contributed by atoms with Gasteiger partial charge in [-0.25, -0.2) is 0 Å². The first-order chi connectivity index (χ1) is 9.24. The molecule has 0 aliphatic heterocycles. The van der Waals surface area contributed by atoms with Crippen molar-refractivity contribution in [2.75, 3.05) is 7.11 Å². The van der Waals surface area contributed by atoms with Gasteiger partial charge in [0.25, 0.3) is 0 Å². The normalized spacial score (nSPS) is 12.2. The lowest BCUT2D eigenvalue weighted by Gasteiger charge is -2.13. The second kappa shape index (κ2) is 6.39. The molecule has 0 saturated carbocycles. The largest absolute Gasteiger partial charge is 0.497 e. The Morgan fingerprint density at radius 2 is 1.79 bits per heavy atom. The number of rotatable bonds is 5. The van der Waals surface area contributed by atoms with Gasteiger partial charge in [0.05, 0.1) is 7.11 Å². The van der Waals surface area contributed by atoms with Gasteiger partial charge in [-0.2, -0.15) is 0 Å². The van der Waals surface area contributed by atoms with Crippen LogP contribution in [0.3, 0.4) is 0 Å². The van der Waals surface area contributed by atoms with Gasteiger partial charge >= 0.3 is 0 Å². The van der Waals surface area contributed by atoms with E-state index < -0.39 is 6.10 Å². The highest BCUT2D eigenvalue weighted by Gasteiger charge is 2.10. The lowest BCUT2D eigenvalue weighted by Crippen LogP contribution is -2.00. The van der Waals surface area contributed by atoms with Gasteiger partial charge in [0.1, 0.15) is 11.9 Å². The number of hydrogen-bond donors (Lipinski definition) is 1. The van der Waals surface area contributed by atoms with Gasteiger partial charge in [-0.1, -0.05) is 49.7 Å². The Morgan fingerprint density at radius 1 is 1.05 bits per heavy atom. The molecule has 2 heteroatoms. The molecule has 100 valence electrons. The molecular formula is C17H20O2. The van der Waals surface area contributed by atoms with E-state index in [0.717, 1.165) is 29.7 Å². The fourth-order valence-electron chi connectivity index (χ4n) is 2.16. The van der Waals surface area contributed by atoms with Crippen LogP contribution >= 0.6 is 0 Å². The van der Waals surface area contributed by atoms with Crippen molar-refractivity contribution in [3.8, 4) is 5.75 Å². The zero-order valence-corrected chi connectivity index (χ0v) is 11.5. The number of ether oxygens (including phenoxy) is 1. The molecule has 19 heavy (non-hydrogen) atoms. The van der Waals surface area contributed by atoms with Crippen LogP contribution in [0.15, 0.2) is 48.5 Å². The summed E-state index contributed by atoms with van der Waals surface area (Å²) in [6, 6.07) is 15.7. The summed E-state index contributed by atoms with van der Waals surface area (Å²) in [6.45, 7) is 2.17. The second-order valence-electron chi connectivity index (χ2n) is 4.67. The van der Waals surface area contributed by atoms with Gasteiger partial charge in [0.2, 0.25) is 0 Å². The van der Waals surface area contributed by atoms with Crippen LogP contribution in [0.1, 0.15) is 36.1 Å². The lowest BCUT2D eigenvalue weighted by atomic mass is 9.99. The van der Waals surface area contributed by atoms with Gasteiger partial charge in [0.15, 0.2) is 0 Å². The molecule has 1 N–H and O–H groups in total. The fraction of sp³-hybridized carbons (Fsp3) is 0.294. The van der Waals surface area contributed by atoms with Crippen LogP contribution in [0.2, 0.25) is 0 Å². The number of aliphatic hydroxyl groups excluding tert-OH is 1. The van der Waals surface area contributed by atoms with Crippen LogP contribution < -0.4 is 4.74 Å². The average Bonchev–Trinajstić information content (AvgIpc) is 2.48. The number of aryl methyl sites for hydroxylation is 1. The SMILES string of the molecule is CCCc1ccc(C(O)c2cccc(OC)c2)cc1. The topological polar surface area (TPSA) is 29.5 Å². The van der Waals surface area contributed by atoms with E-state index in [1.807, 2.05) is 36.4 Å². The van der Waals surface area contributed by atoms with E-state index >= 15 is 0 Å². The maximum atomic E-state index is 10.4.